The van der Waals surface area contributed by atoms with Crippen molar-refractivity contribution in [2.75, 3.05) is 19.0 Å². The van der Waals surface area contributed by atoms with Crippen LogP contribution in [0.3, 0.4) is 0 Å². The van der Waals surface area contributed by atoms with E-state index in [4.69, 9.17) is 18.7 Å². The summed E-state index contributed by atoms with van der Waals surface area (Å²) >= 11 is 8.73. The quantitative estimate of drug-likeness (QED) is 0.169. The summed E-state index contributed by atoms with van der Waals surface area (Å²) in [4.78, 5) is 16.8. The Morgan fingerprint density at radius 1 is 0.727 bits per heavy atom. The molecule has 0 saturated heterocycles. The lowest BCUT2D eigenvalue weighted by atomic mass is 10.0. The van der Waals surface area contributed by atoms with Crippen molar-refractivity contribution in [3.05, 3.63) is 40.5 Å². The molecule has 6 nitrogen and oxygen atoms in total. The molecule has 0 unspecified atom stereocenters. The zero-order chi connectivity index (χ0) is 30.4. The molecule has 1 aromatic carbocycles. The predicted molar refractivity (Wildman–Crippen MR) is 196 cm³/mol. The van der Waals surface area contributed by atoms with Crippen LogP contribution in [0.5, 0.6) is 0 Å². The fourth-order valence-electron chi connectivity index (χ4n) is 6.19. The van der Waals surface area contributed by atoms with Crippen LogP contribution in [0.4, 0.5) is 5.00 Å². The maximum Gasteiger partial charge on any atom is 0.116 e. The van der Waals surface area contributed by atoms with Gasteiger partial charge in [0.25, 0.3) is 0 Å². The maximum atomic E-state index is 5.39. The van der Waals surface area contributed by atoms with E-state index in [1.165, 1.54) is 61.2 Å². The predicted octanol–water partition coefficient (Wildman–Crippen LogP) is 10.4. The Balaban J connectivity index is 1.42. The Morgan fingerprint density at radius 3 is 1.91 bits per heavy atom. The molecule has 44 heavy (non-hydrogen) atoms. The molecule has 0 spiro atoms. The monoisotopic (exact) mass is 672 g/mol. The molecular weight excluding hydrogens is 641 g/mol. The summed E-state index contributed by atoms with van der Waals surface area (Å²) in [7, 11) is 6.39. The second-order valence-corrected chi connectivity index (χ2v) is 16.8. The highest BCUT2D eigenvalue weighted by Gasteiger charge is 2.27. The average molecular weight is 673 g/mol. The number of hydrogen-bond donors (Lipinski definition) is 0. The molecule has 7 heterocycles. The molecule has 0 aliphatic heterocycles. The fourth-order valence-corrected chi connectivity index (χ4v) is 11.9. The summed E-state index contributed by atoms with van der Waals surface area (Å²) in [5, 5.41) is 1.26. The van der Waals surface area contributed by atoms with Crippen molar-refractivity contribution in [1.29, 1.82) is 0 Å². The minimum absolute atomic E-state index is 0.640. The van der Waals surface area contributed by atoms with Gasteiger partial charge in [-0.15, -0.1) is 45.3 Å². The van der Waals surface area contributed by atoms with Crippen LogP contribution in [0.15, 0.2) is 24.3 Å². The molecule has 224 valence electrons. The molecule has 0 amide bonds. The number of nitrogens with zero attached hydrogens (tertiary/aromatic N) is 6. The van der Waals surface area contributed by atoms with Crippen LogP contribution in [0.1, 0.15) is 44.0 Å². The van der Waals surface area contributed by atoms with Crippen molar-refractivity contribution in [1.82, 2.24) is 23.3 Å². The van der Waals surface area contributed by atoms with Gasteiger partial charge in [0.15, 0.2) is 0 Å². The highest BCUT2D eigenvalue weighted by molar-refractivity contribution is 7.31. The number of fused-ring (bicyclic) bond motifs is 6. The molecule has 0 bridgehead atoms. The van der Waals surface area contributed by atoms with E-state index in [0.29, 0.717) is 5.92 Å². The third kappa shape index (κ3) is 4.27. The van der Waals surface area contributed by atoms with Gasteiger partial charge in [0.1, 0.15) is 22.1 Å². The topological polar surface area (TPSA) is 59.7 Å². The number of aryl methyl sites for hydroxylation is 3. The lowest BCUT2D eigenvalue weighted by Crippen LogP contribution is -2.05. The second kappa shape index (κ2) is 10.6. The number of hydrogen-bond acceptors (Lipinski definition) is 10. The minimum Gasteiger partial charge on any atom is -0.370 e. The van der Waals surface area contributed by atoms with Crippen molar-refractivity contribution in [3.63, 3.8) is 0 Å². The molecule has 0 aliphatic carbocycles. The van der Waals surface area contributed by atoms with Crippen LogP contribution in [-0.2, 0) is 26.3 Å². The van der Waals surface area contributed by atoms with Crippen molar-refractivity contribution in [2.45, 2.75) is 47.0 Å². The van der Waals surface area contributed by atoms with Crippen molar-refractivity contribution in [3.8, 4) is 20.9 Å². The van der Waals surface area contributed by atoms with Gasteiger partial charge in [-0.2, -0.15) is 8.75 Å². The summed E-state index contributed by atoms with van der Waals surface area (Å²) < 4.78 is 17.5. The van der Waals surface area contributed by atoms with Gasteiger partial charge >= 0.3 is 0 Å². The molecule has 0 aliphatic rings. The van der Waals surface area contributed by atoms with E-state index < -0.39 is 0 Å². The Kier molecular flexibility index (Phi) is 6.84. The van der Waals surface area contributed by atoms with E-state index in [1.54, 1.807) is 0 Å². The molecule has 8 aromatic rings. The van der Waals surface area contributed by atoms with Crippen LogP contribution in [0, 0.1) is 5.92 Å². The molecule has 11 heteroatoms. The summed E-state index contributed by atoms with van der Waals surface area (Å²) in [5.41, 5.74) is 10.6. The van der Waals surface area contributed by atoms with E-state index in [1.807, 2.05) is 45.3 Å². The molecule has 0 radical (unpaired) electrons. The van der Waals surface area contributed by atoms with Crippen LogP contribution in [0.25, 0.3) is 72.8 Å². The largest absolute Gasteiger partial charge is 0.370 e. The normalized spacial score (nSPS) is 12.5. The Hall–Kier alpha value is -2.96. The van der Waals surface area contributed by atoms with E-state index >= 15 is 0 Å². The number of rotatable bonds is 7. The van der Waals surface area contributed by atoms with E-state index in [2.05, 4.69) is 82.6 Å². The van der Waals surface area contributed by atoms with Gasteiger partial charge in [-0.05, 0) is 49.4 Å². The zero-order valence-electron chi connectivity index (χ0n) is 25.7. The molecular formula is C33H32N6S5. The molecule has 0 saturated carbocycles. The minimum atomic E-state index is 0.640. The van der Waals surface area contributed by atoms with Crippen LogP contribution < -0.4 is 4.90 Å². The van der Waals surface area contributed by atoms with Gasteiger partial charge in [-0.3, -0.25) is 0 Å². The molecule has 8 rings (SSSR count). The molecule has 7 aromatic heterocycles. The standard InChI is InChI=1S/C33H32N6S5/c1-8-17-18(9-2)35-29-27(24-13-21-22(41-24)14-25(42-21)38(5)6)31-30(36-44-37-31)26(28(29)34-17)23-12-20-33(43-23)32-19(39(20)7)11-16(40-32)10-15(3)4/h11-15H,8-10H2,1-7H3. The summed E-state index contributed by atoms with van der Waals surface area (Å²) in [5.74, 6) is 0.640. The molecule has 0 atom stereocenters. The lowest BCUT2D eigenvalue weighted by Gasteiger charge is -2.13. The summed E-state index contributed by atoms with van der Waals surface area (Å²) in [6.45, 7) is 8.94. The first-order valence-corrected chi connectivity index (χ1v) is 18.9. The zero-order valence-corrected chi connectivity index (χ0v) is 29.8. The number of thiophene rings is 4. The Morgan fingerprint density at radius 2 is 1.32 bits per heavy atom. The first-order valence-electron chi connectivity index (χ1n) is 14.9. The van der Waals surface area contributed by atoms with Crippen molar-refractivity contribution >= 4 is 114 Å². The van der Waals surface area contributed by atoms with Gasteiger partial charge in [0.2, 0.25) is 0 Å². The lowest BCUT2D eigenvalue weighted by molar-refractivity contribution is 0.654. The maximum absolute atomic E-state index is 5.39. The highest BCUT2D eigenvalue weighted by Crippen LogP contribution is 2.50. The van der Waals surface area contributed by atoms with Gasteiger partial charge in [-0.1, -0.05) is 27.7 Å². The number of benzene rings is 1. The average Bonchev–Trinajstić information content (AvgIpc) is 3.82. The third-order valence-corrected chi connectivity index (χ3v) is 13.8. The first-order chi connectivity index (χ1) is 21.2. The number of anilines is 1. The van der Waals surface area contributed by atoms with Gasteiger partial charge in [0.05, 0.1) is 48.6 Å². The summed E-state index contributed by atoms with van der Waals surface area (Å²) in [6.07, 6.45) is 2.80. The second-order valence-electron chi connectivity index (χ2n) is 12.0. The van der Waals surface area contributed by atoms with Gasteiger partial charge in [0, 0.05) is 56.3 Å². The molecule has 0 fully saturated rings. The van der Waals surface area contributed by atoms with E-state index in [9.17, 15) is 0 Å². The van der Waals surface area contributed by atoms with Crippen molar-refractivity contribution < 1.29 is 0 Å². The van der Waals surface area contributed by atoms with Gasteiger partial charge < -0.3 is 9.47 Å². The fraction of sp³-hybridized carbons (Fsp3) is 0.333. The van der Waals surface area contributed by atoms with Crippen molar-refractivity contribution in [2.24, 2.45) is 13.0 Å². The van der Waals surface area contributed by atoms with Crippen LogP contribution in [-0.4, -0.2) is 37.4 Å². The van der Waals surface area contributed by atoms with E-state index in [0.717, 1.165) is 63.8 Å². The Bertz CT molecular complexity index is 2340. The van der Waals surface area contributed by atoms with Crippen LogP contribution >= 0.6 is 57.1 Å². The highest BCUT2D eigenvalue weighted by atomic mass is 32.1. The first kappa shape index (κ1) is 28.5. The van der Waals surface area contributed by atoms with E-state index in [-0.39, 0.29) is 0 Å². The SMILES string of the molecule is CCc1nc2c(-c3cc4sc(N(C)C)cc4s3)c3nsnc3c(-c3cc4c(s3)c3sc(CC(C)C)cc3n4C)c2nc1CC. The van der Waals surface area contributed by atoms with Crippen LogP contribution in [0.2, 0.25) is 0 Å². The number of aromatic nitrogens is 5. The molecule has 0 N–H and O–H groups in total. The van der Waals surface area contributed by atoms with Gasteiger partial charge in [-0.25, -0.2) is 9.97 Å². The third-order valence-electron chi connectivity index (χ3n) is 8.30. The summed E-state index contributed by atoms with van der Waals surface area (Å²) in [6, 6.07) is 9.33. The smallest absolute Gasteiger partial charge is 0.116 e. The Labute approximate surface area is 276 Å².